The molecule has 1 aliphatic rings. The van der Waals surface area contributed by atoms with Gasteiger partial charge in [-0.3, -0.25) is 10.1 Å². The van der Waals surface area contributed by atoms with Crippen molar-refractivity contribution in [3.05, 3.63) is 11.9 Å². The highest BCUT2D eigenvalue weighted by Crippen LogP contribution is 2.06. The third-order valence-electron chi connectivity index (χ3n) is 2.30. The van der Waals surface area contributed by atoms with E-state index in [0.29, 0.717) is 0 Å². The molecule has 1 aromatic rings. The van der Waals surface area contributed by atoms with Gasteiger partial charge in [0.1, 0.15) is 6.04 Å². The molecular weight excluding hydrogens is 246 g/mol. The fourth-order valence-corrected chi connectivity index (χ4v) is 1.45. The second-order valence-electron chi connectivity index (χ2n) is 3.62. The smallest absolute Gasteiger partial charge is 0.355 e. The Morgan fingerprint density at radius 3 is 2.83 bits per heavy atom. The molecule has 1 aromatic heterocycles. The third-order valence-corrected chi connectivity index (χ3v) is 2.30. The number of aliphatic hydroxyl groups is 1. The molecule has 0 saturated carbocycles. The number of aliphatic hydroxyl groups excluding tert-OH is 1. The zero-order chi connectivity index (χ0) is 13.3. The molecule has 3 amide bonds. The van der Waals surface area contributed by atoms with Crippen molar-refractivity contribution in [2.45, 2.75) is 18.7 Å². The van der Waals surface area contributed by atoms with Gasteiger partial charge in [-0.1, -0.05) is 5.21 Å². The summed E-state index contributed by atoms with van der Waals surface area (Å²) in [5.41, 5.74) is 0.276. The van der Waals surface area contributed by atoms with Gasteiger partial charge in [-0.15, -0.1) is 5.10 Å². The molecule has 96 valence electrons. The van der Waals surface area contributed by atoms with Gasteiger partial charge in [0, 0.05) is 6.42 Å². The molecular formula is C8H9N5O5. The number of imide groups is 1. The number of aromatic nitrogens is 3. The van der Waals surface area contributed by atoms with Gasteiger partial charge in [0.05, 0.1) is 11.9 Å². The lowest BCUT2D eigenvalue weighted by Gasteiger charge is -2.04. The van der Waals surface area contributed by atoms with E-state index in [9.17, 15) is 19.5 Å². The number of carbonyl (C=O) groups excluding carboxylic acids is 2. The Bertz CT molecular complexity index is 512. The number of urea groups is 1. The van der Waals surface area contributed by atoms with Gasteiger partial charge in [-0.05, 0) is 0 Å². The van der Waals surface area contributed by atoms with E-state index in [1.807, 2.05) is 5.32 Å². The number of carboxylic acid groups (broad SMARTS) is 1. The summed E-state index contributed by atoms with van der Waals surface area (Å²) in [5.74, 6) is -1.97. The van der Waals surface area contributed by atoms with E-state index >= 15 is 0 Å². The van der Waals surface area contributed by atoms with Crippen molar-refractivity contribution in [3.8, 4) is 0 Å². The molecule has 0 bridgehead atoms. The van der Waals surface area contributed by atoms with E-state index in [2.05, 4.69) is 15.6 Å². The Labute approximate surface area is 99.6 Å². The number of aliphatic carboxylic acids is 1. The first-order chi connectivity index (χ1) is 8.47. The second kappa shape index (κ2) is 4.41. The molecule has 2 heterocycles. The van der Waals surface area contributed by atoms with Crippen molar-refractivity contribution in [2.24, 2.45) is 0 Å². The summed E-state index contributed by atoms with van der Waals surface area (Å²) in [5, 5.41) is 29.1. The van der Waals surface area contributed by atoms with Gasteiger partial charge < -0.3 is 15.5 Å². The van der Waals surface area contributed by atoms with Gasteiger partial charge >= 0.3 is 12.0 Å². The fraction of sp³-hybridized carbons (Fsp3) is 0.375. The highest BCUT2D eigenvalue weighted by molar-refractivity contribution is 6.04. The standard InChI is InChI=1S/C8H9N5O5/c14-5-4(9-8(18)10-5)1-3-2-13(12-11-3)6(15)7(16)17/h2,4,6,15H,1H2,(H,16,17)(H2,9,10,14,18)/t4-,6-/m1/s1. The molecule has 10 nitrogen and oxygen atoms in total. The zero-order valence-electron chi connectivity index (χ0n) is 8.90. The van der Waals surface area contributed by atoms with Crippen molar-refractivity contribution >= 4 is 17.9 Å². The molecule has 0 aliphatic carbocycles. The summed E-state index contributed by atoms with van der Waals surface area (Å²) in [7, 11) is 0. The maximum absolute atomic E-state index is 11.2. The van der Waals surface area contributed by atoms with E-state index in [1.54, 1.807) is 0 Å². The normalized spacial score (nSPS) is 20.4. The highest BCUT2D eigenvalue weighted by Gasteiger charge is 2.30. The van der Waals surface area contributed by atoms with Crippen molar-refractivity contribution in [2.75, 3.05) is 0 Å². The Kier molecular flexibility index (Phi) is 2.93. The van der Waals surface area contributed by atoms with Crippen molar-refractivity contribution in [1.29, 1.82) is 0 Å². The second-order valence-corrected chi connectivity index (χ2v) is 3.62. The van der Waals surface area contributed by atoms with E-state index < -0.39 is 30.2 Å². The average Bonchev–Trinajstić information content (AvgIpc) is 2.86. The molecule has 0 radical (unpaired) electrons. The average molecular weight is 255 g/mol. The SMILES string of the molecule is O=C1NC(=O)[C@@H](Cc2cn([C@H](O)C(=O)O)nn2)N1. The molecule has 1 aliphatic heterocycles. The molecule has 2 rings (SSSR count). The van der Waals surface area contributed by atoms with Gasteiger partial charge in [0.15, 0.2) is 0 Å². The van der Waals surface area contributed by atoms with Crippen LogP contribution in [0, 0.1) is 0 Å². The monoisotopic (exact) mass is 255 g/mol. The predicted molar refractivity (Wildman–Crippen MR) is 53.1 cm³/mol. The lowest BCUT2D eigenvalue weighted by molar-refractivity contribution is -0.152. The van der Waals surface area contributed by atoms with Crippen LogP contribution in [-0.4, -0.2) is 49.2 Å². The van der Waals surface area contributed by atoms with Crippen LogP contribution in [0.5, 0.6) is 0 Å². The van der Waals surface area contributed by atoms with Crippen LogP contribution in [0.15, 0.2) is 6.20 Å². The number of nitrogens with one attached hydrogen (secondary N) is 2. The molecule has 1 saturated heterocycles. The predicted octanol–water partition coefficient (Wildman–Crippen LogP) is -2.40. The van der Waals surface area contributed by atoms with E-state index in [4.69, 9.17) is 5.11 Å². The van der Waals surface area contributed by atoms with Crippen LogP contribution in [0.3, 0.4) is 0 Å². The molecule has 0 unspecified atom stereocenters. The third kappa shape index (κ3) is 2.27. The summed E-state index contributed by atoms with van der Waals surface area (Å²) in [6, 6.07) is -1.37. The van der Waals surface area contributed by atoms with Gasteiger partial charge in [-0.2, -0.15) is 0 Å². The summed E-state index contributed by atoms with van der Waals surface area (Å²) in [4.78, 5) is 32.6. The van der Waals surface area contributed by atoms with Crippen LogP contribution in [0.4, 0.5) is 4.79 Å². The van der Waals surface area contributed by atoms with Crippen molar-refractivity contribution < 1.29 is 24.6 Å². The van der Waals surface area contributed by atoms with Crippen LogP contribution in [-0.2, 0) is 16.0 Å². The molecule has 10 heteroatoms. The van der Waals surface area contributed by atoms with Gasteiger partial charge in [-0.25, -0.2) is 14.3 Å². The highest BCUT2D eigenvalue weighted by atomic mass is 16.4. The first-order valence-electron chi connectivity index (χ1n) is 4.90. The number of hydrogen-bond donors (Lipinski definition) is 4. The maximum atomic E-state index is 11.2. The number of rotatable bonds is 4. The zero-order valence-corrected chi connectivity index (χ0v) is 8.90. The van der Waals surface area contributed by atoms with E-state index in [-0.39, 0.29) is 12.1 Å². The minimum atomic E-state index is -1.83. The Morgan fingerprint density at radius 2 is 2.28 bits per heavy atom. The number of carbonyl (C=O) groups is 3. The number of amides is 3. The molecule has 0 spiro atoms. The van der Waals surface area contributed by atoms with Crippen LogP contribution in [0.2, 0.25) is 0 Å². The maximum Gasteiger partial charge on any atom is 0.355 e. The Balaban J connectivity index is 2.05. The lowest BCUT2D eigenvalue weighted by atomic mass is 10.2. The summed E-state index contributed by atoms with van der Waals surface area (Å²) in [6.45, 7) is 0. The van der Waals surface area contributed by atoms with E-state index in [0.717, 1.165) is 4.68 Å². The quantitative estimate of drug-likeness (QED) is 0.438. The van der Waals surface area contributed by atoms with Gasteiger partial charge in [0.25, 0.3) is 5.91 Å². The summed E-state index contributed by atoms with van der Waals surface area (Å²) >= 11 is 0. The lowest BCUT2D eigenvalue weighted by Crippen LogP contribution is -2.31. The number of nitrogens with zero attached hydrogens (tertiary/aromatic N) is 3. The molecule has 1 fully saturated rings. The molecule has 0 aromatic carbocycles. The molecule has 2 atom stereocenters. The Hall–Kier alpha value is -2.49. The van der Waals surface area contributed by atoms with Crippen LogP contribution < -0.4 is 10.6 Å². The minimum Gasteiger partial charge on any atom is -0.478 e. The summed E-state index contributed by atoms with van der Waals surface area (Å²) in [6.07, 6.45) is -0.585. The van der Waals surface area contributed by atoms with E-state index in [1.165, 1.54) is 6.20 Å². The van der Waals surface area contributed by atoms with Crippen LogP contribution >= 0.6 is 0 Å². The number of hydrogen-bond acceptors (Lipinski definition) is 6. The molecule has 18 heavy (non-hydrogen) atoms. The van der Waals surface area contributed by atoms with Crippen LogP contribution in [0.1, 0.15) is 11.9 Å². The van der Waals surface area contributed by atoms with Crippen molar-refractivity contribution in [1.82, 2.24) is 25.6 Å². The van der Waals surface area contributed by atoms with Crippen molar-refractivity contribution in [3.63, 3.8) is 0 Å². The largest absolute Gasteiger partial charge is 0.478 e. The topological polar surface area (TPSA) is 146 Å². The summed E-state index contributed by atoms with van der Waals surface area (Å²) < 4.78 is 0.742. The number of carboxylic acids is 1. The van der Waals surface area contributed by atoms with Crippen LogP contribution in [0.25, 0.3) is 0 Å². The fourth-order valence-electron chi connectivity index (χ4n) is 1.45. The minimum absolute atomic E-state index is 0.0594. The van der Waals surface area contributed by atoms with Gasteiger partial charge in [0.2, 0.25) is 6.23 Å². The molecule has 4 N–H and O–H groups in total. The first-order valence-corrected chi connectivity index (χ1v) is 4.90. The Morgan fingerprint density at radius 1 is 1.56 bits per heavy atom. The first kappa shape index (κ1) is 12.0.